The number of carbonyl (C=O) groups excluding carboxylic acids is 2. The summed E-state index contributed by atoms with van der Waals surface area (Å²) < 4.78 is 7.81. The van der Waals surface area contributed by atoms with Gasteiger partial charge in [-0.25, -0.2) is 9.78 Å². The predicted molar refractivity (Wildman–Crippen MR) is 117 cm³/mol. The first-order valence-corrected chi connectivity index (χ1v) is 10.1. The van der Waals surface area contributed by atoms with Crippen molar-refractivity contribution in [3.8, 4) is 0 Å². The van der Waals surface area contributed by atoms with Crippen molar-refractivity contribution in [2.75, 3.05) is 10.6 Å². The number of carbonyl (C=O) groups is 2. The van der Waals surface area contributed by atoms with Gasteiger partial charge >= 0.3 is 6.03 Å². The highest BCUT2D eigenvalue weighted by Gasteiger charge is 2.21. The molecular formula is C21H19N5O3S. The minimum Gasteiger partial charge on any atom is -0.451 e. The first-order chi connectivity index (χ1) is 14.5. The topological polar surface area (TPSA) is 115 Å². The smallest absolute Gasteiger partial charge is 0.316 e. The SMILES string of the molecule is Cn1ccnc1SCc1c(C(=O)Nc2cccc(NC(N)=O)c2)oc2ccccc12. The number of para-hydroxylation sites is 1. The van der Waals surface area contributed by atoms with Crippen LogP contribution in [0.25, 0.3) is 11.0 Å². The van der Waals surface area contributed by atoms with E-state index in [-0.39, 0.29) is 11.7 Å². The van der Waals surface area contributed by atoms with Crippen molar-refractivity contribution in [3.63, 3.8) is 0 Å². The number of aromatic nitrogens is 2. The minimum atomic E-state index is -0.677. The molecule has 0 aliphatic heterocycles. The van der Waals surface area contributed by atoms with Gasteiger partial charge in [-0.3, -0.25) is 4.79 Å². The maximum absolute atomic E-state index is 13.0. The van der Waals surface area contributed by atoms with E-state index in [1.165, 1.54) is 11.8 Å². The number of benzene rings is 2. The van der Waals surface area contributed by atoms with Gasteiger partial charge in [-0.1, -0.05) is 36.0 Å². The Kier molecular flexibility index (Phi) is 5.44. The molecule has 2 aromatic carbocycles. The number of nitrogens with two attached hydrogens (primary N) is 1. The summed E-state index contributed by atoms with van der Waals surface area (Å²) in [6.07, 6.45) is 3.60. The zero-order valence-corrected chi connectivity index (χ0v) is 16.9. The Morgan fingerprint density at radius 3 is 2.63 bits per heavy atom. The molecule has 2 aromatic heterocycles. The number of rotatable bonds is 6. The van der Waals surface area contributed by atoms with Gasteiger partial charge in [-0.15, -0.1) is 0 Å². The Balaban J connectivity index is 1.62. The largest absolute Gasteiger partial charge is 0.451 e. The molecule has 0 aliphatic carbocycles. The Morgan fingerprint density at radius 2 is 1.90 bits per heavy atom. The highest BCUT2D eigenvalue weighted by molar-refractivity contribution is 7.98. The second kappa shape index (κ2) is 8.34. The Bertz CT molecular complexity index is 1230. The molecule has 4 rings (SSSR count). The van der Waals surface area contributed by atoms with Crippen molar-refractivity contribution in [2.24, 2.45) is 12.8 Å². The summed E-state index contributed by atoms with van der Waals surface area (Å²) >= 11 is 1.52. The molecule has 0 atom stereocenters. The molecule has 0 bridgehead atoms. The number of thioether (sulfide) groups is 1. The lowest BCUT2D eigenvalue weighted by atomic mass is 10.1. The van der Waals surface area contributed by atoms with Crippen molar-refractivity contribution in [1.29, 1.82) is 0 Å². The van der Waals surface area contributed by atoms with Crippen LogP contribution in [-0.2, 0) is 12.8 Å². The van der Waals surface area contributed by atoms with E-state index in [2.05, 4.69) is 15.6 Å². The molecule has 0 saturated carbocycles. The lowest BCUT2D eigenvalue weighted by Gasteiger charge is -2.08. The van der Waals surface area contributed by atoms with E-state index in [1.807, 2.05) is 42.1 Å². The van der Waals surface area contributed by atoms with Gasteiger partial charge in [0.25, 0.3) is 5.91 Å². The number of nitrogens with zero attached hydrogens (tertiary/aromatic N) is 2. The van der Waals surface area contributed by atoms with E-state index in [0.29, 0.717) is 22.7 Å². The Labute approximate surface area is 176 Å². The molecule has 0 saturated heterocycles. The van der Waals surface area contributed by atoms with Crippen LogP contribution >= 0.6 is 11.8 Å². The average molecular weight is 421 g/mol. The molecule has 0 fully saturated rings. The third kappa shape index (κ3) is 4.15. The van der Waals surface area contributed by atoms with Crippen molar-refractivity contribution in [1.82, 2.24) is 9.55 Å². The van der Waals surface area contributed by atoms with Gasteiger partial charge in [0.15, 0.2) is 10.9 Å². The number of hydrogen-bond donors (Lipinski definition) is 3. The number of fused-ring (bicyclic) bond motifs is 1. The van der Waals surface area contributed by atoms with Crippen molar-refractivity contribution in [3.05, 3.63) is 72.2 Å². The number of amides is 3. The quantitative estimate of drug-likeness (QED) is 0.404. The van der Waals surface area contributed by atoms with Crippen LogP contribution in [0.2, 0.25) is 0 Å². The molecule has 0 aliphatic rings. The summed E-state index contributed by atoms with van der Waals surface area (Å²) in [7, 11) is 1.92. The molecular weight excluding hydrogens is 402 g/mol. The number of nitrogens with one attached hydrogen (secondary N) is 2. The summed E-state index contributed by atoms with van der Waals surface area (Å²) in [4.78, 5) is 28.4. The highest BCUT2D eigenvalue weighted by Crippen LogP contribution is 2.32. The number of hydrogen-bond acceptors (Lipinski definition) is 5. The standard InChI is InChI=1S/C21H19N5O3S/c1-26-10-9-23-21(26)30-12-16-15-7-2-3-8-17(15)29-18(16)19(27)24-13-5-4-6-14(11-13)25-20(22)28/h2-11H,12H2,1H3,(H,24,27)(H3,22,25,28). The van der Waals surface area contributed by atoms with Crippen molar-refractivity contribution < 1.29 is 14.0 Å². The van der Waals surface area contributed by atoms with Crippen LogP contribution in [0.4, 0.5) is 16.2 Å². The number of primary amides is 1. The summed E-state index contributed by atoms with van der Waals surface area (Å²) in [5.41, 5.74) is 7.58. The maximum atomic E-state index is 13.0. The van der Waals surface area contributed by atoms with Crippen molar-refractivity contribution in [2.45, 2.75) is 10.9 Å². The van der Waals surface area contributed by atoms with E-state index in [1.54, 1.807) is 30.5 Å². The summed E-state index contributed by atoms with van der Waals surface area (Å²) in [6.45, 7) is 0. The van der Waals surface area contributed by atoms with Crippen LogP contribution in [0.3, 0.4) is 0 Å². The second-order valence-corrected chi connectivity index (χ2v) is 7.48. The van der Waals surface area contributed by atoms with Gasteiger partial charge in [0.05, 0.1) is 0 Å². The minimum absolute atomic E-state index is 0.242. The van der Waals surface area contributed by atoms with Crippen LogP contribution in [0.5, 0.6) is 0 Å². The molecule has 3 amide bonds. The summed E-state index contributed by atoms with van der Waals surface area (Å²) in [5.74, 6) is 0.387. The Hall–Kier alpha value is -3.72. The number of furan rings is 1. The van der Waals surface area contributed by atoms with Crippen LogP contribution < -0.4 is 16.4 Å². The van der Waals surface area contributed by atoms with Gasteiger partial charge in [-0.05, 0) is 24.3 Å². The van der Waals surface area contributed by atoms with Gasteiger partial charge in [0.1, 0.15) is 5.58 Å². The van der Waals surface area contributed by atoms with Crippen LogP contribution in [0.15, 0.2) is 70.5 Å². The average Bonchev–Trinajstić information content (AvgIpc) is 3.29. The highest BCUT2D eigenvalue weighted by atomic mass is 32.2. The fraction of sp³-hybridized carbons (Fsp3) is 0.0952. The maximum Gasteiger partial charge on any atom is 0.316 e. The molecule has 2 heterocycles. The lowest BCUT2D eigenvalue weighted by Crippen LogP contribution is -2.19. The van der Waals surface area contributed by atoms with Gasteiger partial charge in [0, 0.05) is 47.5 Å². The lowest BCUT2D eigenvalue weighted by molar-refractivity contribution is 0.0998. The molecule has 152 valence electrons. The van der Waals surface area contributed by atoms with Crippen molar-refractivity contribution >= 4 is 46.0 Å². The van der Waals surface area contributed by atoms with E-state index in [0.717, 1.165) is 16.1 Å². The molecule has 4 N–H and O–H groups in total. The molecule has 4 aromatic rings. The predicted octanol–water partition coefficient (Wildman–Crippen LogP) is 4.20. The first kappa shape index (κ1) is 19.6. The third-order valence-corrected chi connectivity index (χ3v) is 5.50. The zero-order chi connectivity index (χ0) is 21.1. The Morgan fingerprint density at radius 1 is 1.13 bits per heavy atom. The monoisotopic (exact) mass is 421 g/mol. The van der Waals surface area contributed by atoms with Crippen LogP contribution in [-0.4, -0.2) is 21.5 Å². The van der Waals surface area contributed by atoms with E-state index in [9.17, 15) is 9.59 Å². The summed E-state index contributed by atoms with van der Waals surface area (Å²) in [6, 6.07) is 13.6. The molecule has 0 spiro atoms. The van der Waals surface area contributed by atoms with E-state index in [4.69, 9.17) is 10.2 Å². The molecule has 0 unspecified atom stereocenters. The van der Waals surface area contributed by atoms with E-state index >= 15 is 0 Å². The summed E-state index contributed by atoms with van der Waals surface area (Å²) in [5, 5.41) is 7.03. The van der Waals surface area contributed by atoms with Crippen LogP contribution in [0, 0.1) is 0 Å². The normalized spacial score (nSPS) is 10.8. The third-order valence-electron chi connectivity index (χ3n) is 4.42. The van der Waals surface area contributed by atoms with Gasteiger partial charge < -0.3 is 25.4 Å². The van der Waals surface area contributed by atoms with Crippen LogP contribution in [0.1, 0.15) is 16.1 Å². The fourth-order valence-corrected chi connectivity index (χ4v) is 4.02. The molecule has 9 heteroatoms. The number of anilines is 2. The number of aryl methyl sites for hydroxylation is 1. The molecule has 8 nitrogen and oxygen atoms in total. The fourth-order valence-electron chi connectivity index (χ4n) is 3.06. The molecule has 0 radical (unpaired) electrons. The van der Waals surface area contributed by atoms with E-state index < -0.39 is 6.03 Å². The first-order valence-electron chi connectivity index (χ1n) is 9.09. The molecule has 30 heavy (non-hydrogen) atoms. The van der Waals surface area contributed by atoms with Gasteiger partial charge in [-0.2, -0.15) is 0 Å². The second-order valence-electron chi connectivity index (χ2n) is 6.54. The van der Waals surface area contributed by atoms with Gasteiger partial charge in [0.2, 0.25) is 0 Å². The number of urea groups is 1. The zero-order valence-electron chi connectivity index (χ0n) is 16.1. The number of imidazole rings is 1.